The van der Waals surface area contributed by atoms with Crippen molar-refractivity contribution in [1.29, 1.82) is 0 Å². The smallest absolute Gasteiger partial charge is 0.258 e. The van der Waals surface area contributed by atoms with Crippen LogP contribution in [0.3, 0.4) is 0 Å². The number of hydrogen-bond donors (Lipinski definition) is 2. The number of fused-ring (bicyclic) bond motifs is 1. The van der Waals surface area contributed by atoms with Crippen molar-refractivity contribution in [3.05, 3.63) is 59.4 Å². The summed E-state index contributed by atoms with van der Waals surface area (Å²) in [5.74, 6) is -0.0250. The van der Waals surface area contributed by atoms with Crippen molar-refractivity contribution in [2.75, 3.05) is 18.5 Å². The van der Waals surface area contributed by atoms with Gasteiger partial charge in [0.05, 0.1) is 24.4 Å². The molecule has 126 valence electrons. The van der Waals surface area contributed by atoms with E-state index in [-0.39, 0.29) is 18.7 Å². The van der Waals surface area contributed by atoms with Crippen LogP contribution in [-0.2, 0) is 6.54 Å². The van der Waals surface area contributed by atoms with Crippen molar-refractivity contribution < 1.29 is 9.90 Å². The maximum absolute atomic E-state index is 12.9. The van der Waals surface area contributed by atoms with E-state index in [4.69, 9.17) is 0 Å². The van der Waals surface area contributed by atoms with Gasteiger partial charge in [-0.3, -0.25) is 9.48 Å². The van der Waals surface area contributed by atoms with Gasteiger partial charge in [0.25, 0.3) is 5.91 Å². The Hall–Kier alpha value is -2.60. The van der Waals surface area contributed by atoms with Crippen LogP contribution in [0.4, 0.5) is 5.69 Å². The molecule has 1 amide bonds. The first kappa shape index (κ1) is 16.3. The highest BCUT2D eigenvalue weighted by Gasteiger charge is 2.35. The molecule has 1 atom stereocenters. The van der Waals surface area contributed by atoms with Gasteiger partial charge in [-0.2, -0.15) is 5.10 Å². The number of aliphatic hydroxyl groups excluding tert-OH is 1. The molecule has 2 N–H and O–H groups in total. The van der Waals surface area contributed by atoms with Gasteiger partial charge in [0.1, 0.15) is 6.17 Å². The molecule has 3 rings (SSSR count). The number of carbonyl (C=O) groups is 1. The number of carbonyl (C=O) groups excluding carboxylic acids is 1. The van der Waals surface area contributed by atoms with Gasteiger partial charge in [-0.15, -0.1) is 6.58 Å². The SMILES string of the molecule is C=CCN1C(=O)c2ccccc2N[C@H]1c1c(C)nn(CCO)c1C. The third kappa shape index (κ3) is 2.59. The van der Waals surface area contributed by atoms with Gasteiger partial charge >= 0.3 is 0 Å². The zero-order chi connectivity index (χ0) is 17.3. The molecule has 0 bridgehead atoms. The average Bonchev–Trinajstić information content (AvgIpc) is 2.85. The molecule has 0 unspecified atom stereocenters. The summed E-state index contributed by atoms with van der Waals surface area (Å²) in [5.41, 5.74) is 4.24. The molecule has 1 aromatic carbocycles. The third-order valence-electron chi connectivity index (χ3n) is 4.37. The fourth-order valence-corrected chi connectivity index (χ4v) is 3.27. The van der Waals surface area contributed by atoms with Gasteiger partial charge in [0.2, 0.25) is 0 Å². The molecule has 0 spiro atoms. The van der Waals surface area contributed by atoms with E-state index in [9.17, 15) is 9.90 Å². The van der Waals surface area contributed by atoms with Crippen molar-refractivity contribution in [2.24, 2.45) is 0 Å². The lowest BCUT2D eigenvalue weighted by atomic mass is 10.0. The van der Waals surface area contributed by atoms with Crippen LogP contribution in [-0.4, -0.2) is 38.8 Å². The minimum atomic E-state index is -0.308. The molecule has 1 aliphatic heterocycles. The predicted molar refractivity (Wildman–Crippen MR) is 92.8 cm³/mol. The summed E-state index contributed by atoms with van der Waals surface area (Å²) in [7, 11) is 0. The van der Waals surface area contributed by atoms with Gasteiger partial charge in [-0.05, 0) is 26.0 Å². The maximum atomic E-state index is 12.9. The molecule has 2 aromatic rings. The Balaban J connectivity index is 2.09. The molecule has 0 saturated carbocycles. The predicted octanol–water partition coefficient (Wildman–Crippen LogP) is 2.24. The number of amides is 1. The van der Waals surface area contributed by atoms with Gasteiger partial charge in [-0.1, -0.05) is 18.2 Å². The Morgan fingerprint density at radius 1 is 1.38 bits per heavy atom. The van der Waals surface area contributed by atoms with E-state index in [2.05, 4.69) is 17.0 Å². The lowest BCUT2D eigenvalue weighted by Crippen LogP contribution is -2.43. The van der Waals surface area contributed by atoms with Crippen LogP contribution >= 0.6 is 0 Å². The molecule has 0 saturated heterocycles. The van der Waals surface area contributed by atoms with E-state index in [1.54, 1.807) is 15.7 Å². The molecular formula is C18H22N4O2. The first-order chi connectivity index (χ1) is 11.6. The van der Waals surface area contributed by atoms with Gasteiger partial charge < -0.3 is 15.3 Å². The van der Waals surface area contributed by atoms with E-state index in [0.717, 1.165) is 22.6 Å². The largest absolute Gasteiger partial charge is 0.394 e. The van der Waals surface area contributed by atoms with E-state index in [1.165, 1.54) is 0 Å². The number of aryl methyl sites for hydroxylation is 1. The Morgan fingerprint density at radius 3 is 2.83 bits per heavy atom. The number of nitrogens with one attached hydrogen (secondary N) is 1. The lowest BCUT2D eigenvalue weighted by molar-refractivity contribution is 0.0706. The van der Waals surface area contributed by atoms with Gasteiger partial charge in [0.15, 0.2) is 0 Å². The number of anilines is 1. The summed E-state index contributed by atoms with van der Waals surface area (Å²) in [5, 5.41) is 17.2. The standard InChI is InChI=1S/C18H22N4O2/c1-4-9-21-17(16-12(2)20-22(10-11-23)13(16)3)19-15-8-6-5-7-14(15)18(21)24/h4-8,17,19,23H,1,9-11H2,2-3H3/t17-/m1/s1. The summed E-state index contributed by atoms with van der Waals surface area (Å²) in [6, 6.07) is 7.51. The zero-order valence-corrected chi connectivity index (χ0v) is 14.0. The first-order valence-corrected chi connectivity index (χ1v) is 8.00. The molecule has 6 nitrogen and oxygen atoms in total. The molecule has 0 aliphatic carbocycles. The van der Waals surface area contributed by atoms with E-state index < -0.39 is 0 Å². The number of aromatic nitrogens is 2. The van der Waals surface area contributed by atoms with Crippen molar-refractivity contribution in [3.63, 3.8) is 0 Å². The van der Waals surface area contributed by atoms with Crippen molar-refractivity contribution in [2.45, 2.75) is 26.6 Å². The second-order valence-corrected chi connectivity index (χ2v) is 5.87. The topological polar surface area (TPSA) is 70.4 Å². The highest BCUT2D eigenvalue weighted by Crippen LogP contribution is 2.35. The second kappa shape index (κ2) is 6.49. The summed E-state index contributed by atoms with van der Waals surface area (Å²) in [6.45, 7) is 8.57. The number of hydrogen-bond acceptors (Lipinski definition) is 4. The fourth-order valence-electron chi connectivity index (χ4n) is 3.27. The van der Waals surface area contributed by atoms with E-state index >= 15 is 0 Å². The molecule has 2 heterocycles. The molecular weight excluding hydrogens is 304 g/mol. The first-order valence-electron chi connectivity index (χ1n) is 8.00. The molecule has 0 radical (unpaired) electrons. The highest BCUT2D eigenvalue weighted by atomic mass is 16.3. The average molecular weight is 326 g/mol. The fraction of sp³-hybridized carbons (Fsp3) is 0.333. The second-order valence-electron chi connectivity index (χ2n) is 5.87. The monoisotopic (exact) mass is 326 g/mol. The van der Waals surface area contributed by atoms with Crippen LogP contribution in [0.25, 0.3) is 0 Å². The van der Waals surface area contributed by atoms with Gasteiger partial charge in [-0.25, -0.2) is 0 Å². The van der Waals surface area contributed by atoms with Crippen LogP contribution in [0.15, 0.2) is 36.9 Å². The Morgan fingerprint density at radius 2 is 2.12 bits per heavy atom. The van der Waals surface area contributed by atoms with E-state index in [1.807, 2.05) is 38.1 Å². The Labute approximate surface area is 141 Å². The van der Waals surface area contributed by atoms with Crippen LogP contribution in [0.2, 0.25) is 0 Å². The van der Waals surface area contributed by atoms with Gasteiger partial charge in [0, 0.05) is 23.5 Å². The summed E-state index contributed by atoms with van der Waals surface area (Å²) < 4.78 is 1.78. The molecule has 6 heteroatoms. The molecule has 1 aliphatic rings. The number of aliphatic hydroxyl groups is 1. The number of rotatable bonds is 5. The Bertz CT molecular complexity index is 781. The van der Waals surface area contributed by atoms with Crippen LogP contribution in [0.5, 0.6) is 0 Å². The van der Waals surface area contributed by atoms with Crippen LogP contribution in [0, 0.1) is 13.8 Å². The quantitative estimate of drug-likeness (QED) is 0.827. The van der Waals surface area contributed by atoms with Crippen molar-refractivity contribution in [3.8, 4) is 0 Å². The number of para-hydroxylation sites is 1. The lowest BCUT2D eigenvalue weighted by Gasteiger charge is -2.37. The highest BCUT2D eigenvalue weighted by molar-refractivity contribution is 6.01. The minimum Gasteiger partial charge on any atom is -0.394 e. The van der Waals surface area contributed by atoms with Crippen LogP contribution in [0.1, 0.15) is 33.5 Å². The molecule has 24 heavy (non-hydrogen) atoms. The van der Waals surface area contributed by atoms with Crippen LogP contribution < -0.4 is 5.32 Å². The third-order valence-corrected chi connectivity index (χ3v) is 4.37. The molecule has 0 fully saturated rings. The summed E-state index contributed by atoms with van der Waals surface area (Å²) in [6.07, 6.45) is 1.42. The van der Waals surface area contributed by atoms with E-state index in [0.29, 0.717) is 18.7 Å². The molecule has 1 aromatic heterocycles. The van der Waals surface area contributed by atoms with Crippen molar-refractivity contribution >= 4 is 11.6 Å². The number of nitrogens with zero attached hydrogens (tertiary/aromatic N) is 3. The van der Waals surface area contributed by atoms with Crippen molar-refractivity contribution in [1.82, 2.24) is 14.7 Å². The number of benzene rings is 1. The summed E-state index contributed by atoms with van der Waals surface area (Å²) >= 11 is 0. The minimum absolute atomic E-state index is 0.0250. The normalized spacial score (nSPS) is 16.7. The Kier molecular flexibility index (Phi) is 4.40. The maximum Gasteiger partial charge on any atom is 0.258 e. The summed E-state index contributed by atoms with van der Waals surface area (Å²) in [4.78, 5) is 14.7. The zero-order valence-electron chi connectivity index (χ0n) is 14.0.